The molecule has 0 spiro atoms. The standard InChI is InChI=1S/C27H26N2O7/c1-33-22-12-13-23(24(15-22)34-2)29-16-18(14-26(29)31)27(32)35-17-25(30)28-19-8-10-21(11-9-19)36-20-6-4-3-5-7-20/h3-13,15,18H,14,16-17H2,1-2H3,(H,28,30)/t18-/m1/s1. The van der Waals surface area contributed by atoms with Crippen molar-refractivity contribution in [1.82, 2.24) is 0 Å². The first-order chi connectivity index (χ1) is 17.5. The second-order valence-electron chi connectivity index (χ2n) is 8.04. The summed E-state index contributed by atoms with van der Waals surface area (Å²) >= 11 is 0. The van der Waals surface area contributed by atoms with Gasteiger partial charge in [-0.25, -0.2) is 0 Å². The second kappa shape index (κ2) is 11.3. The predicted molar refractivity (Wildman–Crippen MR) is 133 cm³/mol. The van der Waals surface area contributed by atoms with E-state index >= 15 is 0 Å². The van der Waals surface area contributed by atoms with Gasteiger partial charge in [-0.3, -0.25) is 14.4 Å². The van der Waals surface area contributed by atoms with Gasteiger partial charge >= 0.3 is 5.97 Å². The third kappa shape index (κ3) is 5.93. The van der Waals surface area contributed by atoms with E-state index in [1.165, 1.54) is 19.1 Å². The zero-order valence-electron chi connectivity index (χ0n) is 19.9. The quantitative estimate of drug-likeness (QED) is 0.452. The number of methoxy groups -OCH3 is 2. The van der Waals surface area contributed by atoms with Crippen LogP contribution in [0.1, 0.15) is 6.42 Å². The Morgan fingerprint density at radius 2 is 1.61 bits per heavy atom. The number of benzene rings is 3. The van der Waals surface area contributed by atoms with Crippen molar-refractivity contribution in [2.45, 2.75) is 6.42 Å². The minimum absolute atomic E-state index is 0.0154. The summed E-state index contributed by atoms with van der Waals surface area (Å²) < 4.78 is 21.5. The number of anilines is 2. The number of rotatable bonds is 9. The molecule has 1 fully saturated rings. The van der Waals surface area contributed by atoms with Crippen LogP contribution < -0.4 is 24.4 Å². The van der Waals surface area contributed by atoms with E-state index in [2.05, 4.69) is 5.32 Å². The third-order valence-electron chi connectivity index (χ3n) is 5.60. The largest absolute Gasteiger partial charge is 0.497 e. The molecule has 4 rings (SSSR count). The molecule has 0 aliphatic carbocycles. The van der Waals surface area contributed by atoms with E-state index in [-0.39, 0.29) is 18.9 Å². The summed E-state index contributed by atoms with van der Waals surface area (Å²) in [5.41, 5.74) is 1.07. The van der Waals surface area contributed by atoms with E-state index in [4.69, 9.17) is 18.9 Å². The average Bonchev–Trinajstić information content (AvgIpc) is 3.30. The maximum atomic E-state index is 12.6. The fourth-order valence-electron chi connectivity index (χ4n) is 3.79. The number of amides is 2. The van der Waals surface area contributed by atoms with Gasteiger partial charge in [0.2, 0.25) is 5.91 Å². The molecule has 9 nitrogen and oxygen atoms in total. The zero-order valence-corrected chi connectivity index (χ0v) is 19.9. The van der Waals surface area contributed by atoms with Crippen molar-refractivity contribution in [2.75, 3.05) is 37.6 Å². The number of ether oxygens (including phenoxy) is 4. The highest BCUT2D eigenvalue weighted by molar-refractivity contribution is 6.01. The van der Waals surface area contributed by atoms with Crippen LogP contribution in [0.3, 0.4) is 0 Å². The Hall–Kier alpha value is -4.53. The van der Waals surface area contributed by atoms with Gasteiger partial charge in [0.1, 0.15) is 23.0 Å². The fourth-order valence-corrected chi connectivity index (χ4v) is 3.79. The smallest absolute Gasteiger partial charge is 0.311 e. The van der Waals surface area contributed by atoms with Crippen LogP contribution in [0.4, 0.5) is 11.4 Å². The van der Waals surface area contributed by atoms with E-state index in [9.17, 15) is 14.4 Å². The molecule has 1 N–H and O–H groups in total. The molecular formula is C27H26N2O7. The van der Waals surface area contributed by atoms with Gasteiger partial charge in [0, 0.05) is 24.7 Å². The van der Waals surface area contributed by atoms with Crippen molar-refractivity contribution < 1.29 is 33.3 Å². The Morgan fingerprint density at radius 1 is 0.917 bits per heavy atom. The Labute approximate surface area is 208 Å². The number of esters is 1. The third-order valence-corrected chi connectivity index (χ3v) is 5.60. The number of carbonyl (C=O) groups excluding carboxylic acids is 3. The Kier molecular flexibility index (Phi) is 7.69. The number of carbonyl (C=O) groups is 3. The predicted octanol–water partition coefficient (Wildman–Crippen LogP) is 4.03. The lowest BCUT2D eigenvalue weighted by Gasteiger charge is -2.20. The molecule has 186 valence electrons. The van der Waals surface area contributed by atoms with Gasteiger partial charge in [0.25, 0.3) is 5.91 Å². The first-order valence-corrected chi connectivity index (χ1v) is 11.3. The Bertz CT molecular complexity index is 1230. The summed E-state index contributed by atoms with van der Waals surface area (Å²) in [5, 5.41) is 2.67. The maximum Gasteiger partial charge on any atom is 0.311 e. The monoisotopic (exact) mass is 490 g/mol. The fraction of sp³-hybridized carbons (Fsp3) is 0.222. The molecule has 1 aliphatic rings. The summed E-state index contributed by atoms with van der Waals surface area (Å²) in [6, 6.07) is 21.2. The van der Waals surface area contributed by atoms with Crippen molar-refractivity contribution >= 4 is 29.2 Å². The van der Waals surface area contributed by atoms with Crippen LogP contribution in [-0.2, 0) is 19.1 Å². The molecule has 0 unspecified atom stereocenters. The molecule has 2 amide bonds. The van der Waals surface area contributed by atoms with Gasteiger partial charge in [0.15, 0.2) is 6.61 Å². The van der Waals surface area contributed by atoms with Crippen LogP contribution in [0, 0.1) is 5.92 Å². The molecule has 36 heavy (non-hydrogen) atoms. The molecule has 3 aromatic carbocycles. The van der Waals surface area contributed by atoms with E-state index in [0.717, 1.165) is 0 Å². The van der Waals surface area contributed by atoms with Crippen LogP contribution in [0.25, 0.3) is 0 Å². The Morgan fingerprint density at radius 3 is 2.31 bits per heavy atom. The molecule has 0 aromatic heterocycles. The highest BCUT2D eigenvalue weighted by Crippen LogP contribution is 2.36. The highest BCUT2D eigenvalue weighted by Gasteiger charge is 2.37. The summed E-state index contributed by atoms with van der Waals surface area (Å²) in [6.45, 7) is -0.331. The van der Waals surface area contributed by atoms with Crippen LogP contribution >= 0.6 is 0 Å². The van der Waals surface area contributed by atoms with Crippen molar-refractivity contribution in [3.8, 4) is 23.0 Å². The molecule has 1 aliphatic heterocycles. The molecule has 0 radical (unpaired) electrons. The van der Waals surface area contributed by atoms with E-state index in [1.54, 1.807) is 42.5 Å². The summed E-state index contributed by atoms with van der Waals surface area (Å²) in [5.74, 6) is 0.344. The Balaban J connectivity index is 1.27. The SMILES string of the molecule is COc1ccc(N2C[C@H](C(=O)OCC(=O)Nc3ccc(Oc4ccccc4)cc3)CC2=O)c(OC)c1. The van der Waals surface area contributed by atoms with E-state index < -0.39 is 24.4 Å². The molecule has 9 heteroatoms. The number of para-hydroxylation sites is 1. The van der Waals surface area contributed by atoms with Crippen LogP contribution in [0.15, 0.2) is 72.8 Å². The summed E-state index contributed by atoms with van der Waals surface area (Å²) in [4.78, 5) is 38.9. The second-order valence-corrected chi connectivity index (χ2v) is 8.04. The van der Waals surface area contributed by atoms with Gasteiger partial charge in [-0.1, -0.05) is 18.2 Å². The normalized spacial score (nSPS) is 14.8. The lowest BCUT2D eigenvalue weighted by atomic mass is 10.1. The lowest BCUT2D eigenvalue weighted by Crippen LogP contribution is -2.28. The molecular weight excluding hydrogens is 464 g/mol. The van der Waals surface area contributed by atoms with Gasteiger partial charge in [-0.05, 0) is 48.5 Å². The number of nitrogens with one attached hydrogen (secondary N) is 1. The van der Waals surface area contributed by atoms with Crippen LogP contribution in [0.2, 0.25) is 0 Å². The van der Waals surface area contributed by atoms with Gasteiger partial charge in [-0.15, -0.1) is 0 Å². The lowest BCUT2D eigenvalue weighted by molar-refractivity contribution is -0.151. The first-order valence-electron chi connectivity index (χ1n) is 11.3. The molecule has 0 saturated carbocycles. The number of hydrogen-bond donors (Lipinski definition) is 1. The van der Waals surface area contributed by atoms with Crippen LogP contribution in [-0.4, -0.2) is 45.2 Å². The highest BCUT2D eigenvalue weighted by atomic mass is 16.5. The minimum Gasteiger partial charge on any atom is -0.497 e. The van der Waals surface area contributed by atoms with E-state index in [0.29, 0.717) is 34.4 Å². The summed E-state index contributed by atoms with van der Waals surface area (Å²) in [7, 11) is 3.03. The summed E-state index contributed by atoms with van der Waals surface area (Å²) in [6.07, 6.45) is -0.0154. The van der Waals surface area contributed by atoms with Crippen molar-refractivity contribution in [2.24, 2.45) is 5.92 Å². The molecule has 0 bridgehead atoms. The first kappa shape index (κ1) is 24.6. The zero-order chi connectivity index (χ0) is 25.5. The molecule has 1 saturated heterocycles. The van der Waals surface area contributed by atoms with Gasteiger partial charge in [0.05, 0.1) is 25.8 Å². The van der Waals surface area contributed by atoms with Crippen LogP contribution in [0.5, 0.6) is 23.0 Å². The topological polar surface area (TPSA) is 103 Å². The maximum absolute atomic E-state index is 12.6. The van der Waals surface area contributed by atoms with Crippen molar-refractivity contribution in [3.63, 3.8) is 0 Å². The minimum atomic E-state index is -0.688. The van der Waals surface area contributed by atoms with Crippen molar-refractivity contribution in [1.29, 1.82) is 0 Å². The van der Waals surface area contributed by atoms with Gasteiger partial charge in [-0.2, -0.15) is 0 Å². The van der Waals surface area contributed by atoms with Gasteiger partial charge < -0.3 is 29.2 Å². The van der Waals surface area contributed by atoms with E-state index in [1.807, 2.05) is 30.3 Å². The average molecular weight is 491 g/mol. The number of hydrogen-bond acceptors (Lipinski definition) is 7. The van der Waals surface area contributed by atoms with Crippen molar-refractivity contribution in [3.05, 3.63) is 72.8 Å². The molecule has 3 aromatic rings. The molecule has 1 atom stereocenters. The molecule has 1 heterocycles. The number of nitrogens with zero attached hydrogens (tertiary/aromatic N) is 1.